The fourth-order valence-corrected chi connectivity index (χ4v) is 11.0. The molecular formula is C60H97N11O14S. The first-order valence-electron chi connectivity index (χ1n) is 29.4. The van der Waals surface area contributed by atoms with Gasteiger partial charge in [-0.25, -0.2) is 27.5 Å². The quantitative estimate of drug-likeness (QED) is 0.0292. The summed E-state index contributed by atoms with van der Waals surface area (Å²) in [5.41, 5.74) is 13.2. The molecule has 0 bridgehead atoms. The van der Waals surface area contributed by atoms with E-state index in [2.05, 4.69) is 46.9 Å². The molecule has 0 aliphatic carbocycles. The smallest absolute Gasteiger partial charge is 0.408 e. The molecule has 0 spiro atoms. The summed E-state index contributed by atoms with van der Waals surface area (Å²) >= 11 is 0. The topological polar surface area (TPSA) is 379 Å². The average Bonchev–Trinajstić information content (AvgIpc) is 0.802. The molecule has 0 saturated carbocycles. The van der Waals surface area contributed by atoms with Crippen molar-refractivity contribution in [3.8, 4) is 5.75 Å². The van der Waals surface area contributed by atoms with Crippen LogP contribution < -0.4 is 58.1 Å². The molecule has 1 aliphatic rings. The van der Waals surface area contributed by atoms with Crippen molar-refractivity contribution in [2.75, 3.05) is 19.6 Å². The number of guanidine groups is 1. The summed E-state index contributed by atoms with van der Waals surface area (Å²) in [7, 11) is -4.19. The maximum atomic E-state index is 14.2. The highest BCUT2D eigenvalue weighted by Gasteiger charge is 2.36. The lowest BCUT2D eigenvalue weighted by molar-refractivity contribution is -0.142. The third-order valence-electron chi connectivity index (χ3n) is 13.8. The van der Waals surface area contributed by atoms with Gasteiger partial charge in [-0.05, 0) is 174 Å². The lowest BCUT2D eigenvalue weighted by Crippen LogP contribution is -2.59. The Hall–Kier alpha value is -7.22. The number of amides is 7. The molecule has 0 radical (unpaired) electrons. The maximum Gasteiger partial charge on any atom is 0.408 e. The Kier molecular flexibility index (Phi) is 27.6. The maximum absolute atomic E-state index is 14.2. The number of aliphatic carboxylic acids is 1. The van der Waals surface area contributed by atoms with Crippen LogP contribution in [0.15, 0.2) is 40.2 Å². The SMILES string of the molecule is Cc1c(C)c(S(=O)(=O)NC(N)=NCCC[C@H](NC(=O)[C@@H](N)CC(C)C)C(=O)NCCCC[C@H](NC(=O)OC(C)(C)C)C(=O)NC[C@H](NC(=O)OC(C)(C)C)C(=O)N[C@@H](Cc2ccccc2)C(=O)N[C@@H](CC(C)C)C(=O)O)c(C)c2c1OC(C)(C)CC2. The van der Waals surface area contributed by atoms with Gasteiger partial charge in [-0.3, -0.25) is 29.0 Å². The third-order valence-corrected chi connectivity index (χ3v) is 15.4. The largest absolute Gasteiger partial charge is 0.487 e. The molecule has 7 amide bonds. The molecule has 13 N–H and O–H groups in total. The number of carbonyl (C=O) groups excluding carboxylic acids is 7. The molecule has 0 unspecified atom stereocenters. The molecule has 0 saturated heterocycles. The number of aliphatic imine (C=N–C) groups is 1. The Morgan fingerprint density at radius 3 is 1.77 bits per heavy atom. The first-order chi connectivity index (χ1) is 39.8. The number of hydrogen-bond donors (Lipinski definition) is 11. The molecule has 1 heterocycles. The van der Waals surface area contributed by atoms with Crippen LogP contribution in [0.5, 0.6) is 5.75 Å². The highest BCUT2D eigenvalue weighted by molar-refractivity contribution is 7.90. The van der Waals surface area contributed by atoms with Crippen molar-refractivity contribution in [2.24, 2.45) is 28.3 Å². The van der Waals surface area contributed by atoms with Gasteiger partial charge in [-0.1, -0.05) is 58.0 Å². The normalized spacial score (nSPS) is 15.4. The number of fused-ring (bicyclic) bond motifs is 1. The molecule has 3 rings (SSSR count). The fourth-order valence-electron chi connectivity index (χ4n) is 9.44. The molecule has 482 valence electrons. The van der Waals surface area contributed by atoms with Crippen LogP contribution in [-0.2, 0) is 61.1 Å². The number of nitrogens with one attached hydrogen (secondary N) is 8. The second kappa shape index (κ2) is 32.5. The molecule has 25 nitrogen and oxygen atoms in total. The van der Waals surface area contributed by atoms with Gasteiger partial charge < -0.3 is 68.0 Å². The van der Waals surface area contributed by atoms with E-state index in [9.17, 15) is 51.9 Å². The number of hydrogen-bond acceptors (Lipinski definition) is 15. The Bertz CT molecular complexity index is 2830. The van der Waals surface area contributed by atoms with E-state index in [0.29, 0.717) is 47.3 Å². The Morgan fingerprint density at radius 1 is 0.674 bits per heavy atom. The van der Waals surface area contributed by atoms with Gasteiger partial charge in [0.05, 0.1) is 10.9 Å². The minimum absolute atomic E-state index is 0.0216. The van der Waals surface area contributed by atoms with E-state index in [0.717, 1.165) is 5.56 Å². The van der Waals surface area contributed by atoms with Crippen LogP contribution in [0.2, 0.25) is 0 Å². The zero-order valence-corrected chi connectivity index (χ0v) is 53.8. The Morgan fingerprint density at radius 2 is 1.20 bits per heavy atom. The lowest BCUT2D eigenvalue weighted by atomic mass is 9.88. The molecule has 86 heavy (non-hydrogen) atoms. The highest BCUT2D eigenvalue weighted by atomic mass is 32.2. The zero-order valence-electron chi connectivity index (χ0n) is 53.0. The van der Waals surface area contributed by atoms with E-state index in [1.54, 1.807) is 99.6 Å². The predicted molar refractivity (Wildman–Crippen MR) is 326 cm³/mol. The van der Waals surface area contributed by atoms with E-state index in [-0.39, 0.29) is 80.7 Å². The first kappa shape index (κ1) is 73.0. The summed E-state index contributed by atoms with van der Waals surface area (Å²) in [5.74, 6) is -4.63. The number of carboxylic acids is 1. The van der Waals surface area contributed by atoms with Gasteiger partial charge in [-0.15, -0.1) is 0 Å². The van der Waals surface area contributed by atoms with Gasteiger partial charge >= 0.3 is 18.2 Å². The molecule has 1 aliphatic heterocycles. The van der Waals surface area contributed by atoms with Crippen molar-refractivity contribution in [3.05, 3.63) is 58.1 Å². The van der Waals surface area contributed by atoms with Gasteiger partial charge in [0.1, 0.15) is 52.8 Å². The van der Waals surface area contributed by atoms with Crippen LogP contribution in [-0.4, -0.2) is 140 Å². The summed E-state index contributed by atoms with van der Waals surface area (Å²) in [6, 6.07) is 1.12. The highest BCUT2D eigenvalue weighted by Crippen LogP contribution is 2.42. The van der Waals surface area contributed by atoms with E-state index in [1.165, 1.54) is 0 Å². The van der Waals surface area contributed by atoms with Crippen LogP contribution in [0.1, 0.15) is 162 Å². The number of unbranched alkanes of at least 4 members (excludes halogenated alkanes) is 1. The summed E-state index contributed by atoms with van der Waals surface area (Å²) < 4.78 is 47.2. The number of sulfonamides is 1. The summed E-state index contributed by atoms with van der Waals surface area (Å²) in [5, 5.41) is 28.2. The standard InChI is InChI=1S/C60H97N11O14S/c1-34(2)30-41(61)49(72)66-42(25-21-29-64-55(62)71-86(81,82)48-37(6)36(5)47-40(38(48)7)26-27-60(14,15)83-47)50(73)63-28-20-19-24-43(69-56(79)84-58(8,9)10)51(74)65-33-46(70-57(80)85-59(11,12)13)53(76)67-44(32-39-22-17-16-18-23-39)52(75)68-45(54(77)78)31-35(3)4/h16-18,22-23,34-35,41-46H,19-21,24-33,61H2,1-15H3,(H,63,73)(H,65,74)(H,66,72)(H,67,76)(H,68,75)(H,69,79)(H,70,80)(H,77,78)(H3,62,64,71)/t41-,42-,43-,44-,45-,46-/m0/s1. The minimum Gasteiger partial charge on any atom is -0.487 e. The first-order valence-corrected chi connectivity index (χ1v) is 30.9. The van der Waals surface area contributed by atoms with Gasteiger partial charge in [0, 0.05) is 26.1 Å². The summed E-state index contributed by atoms with van der Waals surface area (Å²) in [6.07, 6.45) is 0.419. The number of benzene rings is 2. The Labute approximate surface area is 507 Å². The van der Waals surface area contributed by atoms with Crippen LogP contribution in [0, 0.1) is 32.6 Å². The minimum atomic E-state index is -4.19. The second-order valence-corrected chi connectivity index (χ2v) is 27.0. The number of nitrogens with two attached hydrogens (primary N) is 2. The third kappa shape index (κ3) is 25.0. The van der Waals surface area contributed by atoms with Crippen molar-refractivity contribution in [1.29, 1.82) is 0 Å². The number of rotatable bonds is 30. The average molecular weight is 1230 g/mol. The molecule has 2 aromatic carbocycles. The summed E-state index contributed by atoms with van der Waals surface area (Å²) in [6.45, 7) is 25.8. The molecule has 26 heteroatoms. The van der Waals surface area contributed by atoms with Crippen molar-refractivity contribution in [3.63, 3.8) is 0 Å². The molecule has 0 fully saturated rings. The van der Waals surface area contributed by atoms with Crippen molar-refractivity contribution >= 4 is 63.7 Å². The van der Waals surface area contributed by atoms with E-state index >= 15 is 0 Å². The monoisotopic (exact) mass is 1230 g/mol. The van der Waals surface area contributed by atoms with Gasteiger partial charge in [-0.2, -0.15) is 0 Å². The number of carboxylic acid groups (broad SMARTS) is 1. The predicted octanol–water partition coefficient (Wildman–Crippen LogP) is 4.48. The van der Waals surface area contributed by atoms with Crippen molar-refractivity contribution in [2.45, 2.75) is 226 Å². The lowest BCUT2D eigenvalue weighted by Gasteiger charge is -2.35. The van der Waals surface area contributed by atoms with Crippen molar-refractivity contribution in [1.82, 2.24) is 41.9 Å². The van der Waals surface area contributed by atoms with Crippen molar-refractivity contribution < 1.29 is 66.1 Å². The van der Waals surface area contributed by atoms with Gasteiger partial charge in [0.15, 0.2) is 0 Å². The second-order valence-electron chi connectivity index (χ2n) is 25.4. The van der Waals surface area contributed by atoms with Gasteiger partial charge in [0.25, 0.3) is 10.0 Å². The molecular weight excluding hydrogens is 1130 g/mol. The summed E-state index contributed by atoms with van der Waals surface area (Å²) in [4.78, 5) is 112. The number of carbonyl (C=O) groups is 8. The molecule has 0 aromatic heterocycles. The van der Waals surface area contributed by atoms with Crippen LogP contribution in [0.4, 0.5) is 9.59 Å². The van der Waals surface area contributed by atoms with Crippen LogP contribution in [0.3, 0.4) is 0 Å². The molecule has 6 atom stereocenters. The number of nitrogens with zero attached hydrogens (tertiary/aromatic N) is 1. The molecule has 2 aromatic rings. The van der Waals surface area contributed by atoms with E-state index in [1.807, 2.05) is 34.6 Å². The van der Waals surface area contributed by atoms with Crippen LogP contribution >= 0.6 is 0 Å². The van der Waals surface area contributed by atoms with E-state index < -0.39 is 117 Å². The zero-order chi connectivity index (χ0) is 65.1. The number of alkyl carbamates (subject to hydrolysis) is 2. The van der Waals surface area contributed by atoms with E-state index in [4.69, 9.17) is 25.7 Å². The number of ether oxygens (including phenoxy) is 3. The Balaban J connectivity index is 1.78. The van der Waals surface area contributed by atoms with Gasteiger partial charge in [0.2, 0.25) is 35.5 Å². The van der Waals surface area contributed by atoms with Crippen LogP contribution in [0.25, 0.3) is 0 Å². The fraction of sp³-hybridized carbons (Fsp3) is 0.650.